The molecule has 0 fully saturated rings. The number of hydrogen-bond acceptors (Lipinski definition) is 4. The average molecular weight is 441 g/mol. The molecule has 33 heavy (non-hydrogen) atoms. The maximum Gasteiger partial charge on any atom is 0.255 e. The number of nitrogens with zero attached hydrogens (tertiary/aromatic N) is 2. The van der Waals surface area contributed by atoms with E-state index in [2.05, 4.69) is 39.9 Å². The topological polar surface area (TPSA) is 66.9 Å². The normalized spacial score (nSPS) is 10.6. The Hall–Kier alpha value is -4.06. The number of aromatic nitrogens is 2. The van der Waals surface area contributed by atoms with E-state index in [1.165, 1.54) is 17.7 Å². The summed E-state index contributed by atoms with van der Waals surface area (Å²) in [6, 6.07) is 24.9. The van der Waals surface area contributed by atoms with Crippen molar-refractivity contribution in [1.29, 1.82) is 0 Å². The van der Waals surface area contributed by atoms with E-state index < -0.39 is 0 Å². The van der Waals surface area contributed by atoms with Crippen LogP contribution in [0.4, 0.5) is 21.6 Å². The van der Waals surface area contributed by atoms with E-state index in [9.17, 15) is 9.18 Å². The number of amides is 1. The predicted octanol–water partition coefficient (Wildman–Crippen LogP) is 6.62. The second-order valence-corrected chi connectivity index (χ2v) is 7.77. The van der Waals surface area contributed by atoms with Crippen LogP contribution in [0.3, 0.4) is 0 Å². The van der Waals surface area contributed by atoms with Gasteiger partial charge >= 0.3 is 0 Å². The molecule has 1 amide bonds. The van der Waals surface area contributed by atoms with Crippen molar-refractivity contribution in [2.45, 2.75) is 26.2 Å². The molecule has 6 heteroatoms. The molecule has 0 bridgehead atoms. The molecule has 4 rings (SSSR count). The van der Waals surface area contributed by atoms with E-state index in [4.69, 9.17) is 0 Å². The highest BCUT2D eigenvalue weighted by molar-refractivity contribution is 6.04. The van der Waals surface area contributed by atoms with E-state index in [0.29, 0.717) is 17.1 Å². The summed E-state index contributed by atoms with van der Waals surface area (Å²) in [4.78, 5) is 12.6. The van der Waals surface area contributed by atoms with Gasteiger partial charge < -0.3 is 10.6 Å². The Morgan fingerprint density at radius 3 is 2.15 bits per heavy atom. The molecular formula is C27H25FN4O. The van der Waals surface area contributed by atoms with Crippen LogP contribution in [0.5, 0.6) is 0 Å². The SMILES string of the molecule is CCCCc1ccc(NC(=O)c2ccc(Nc3ccc(-c4ccc(F)cc4)nn3)cc2)cc1. The average Bonchev–Trinajstić information content (AvgIpc) is 2.85. The Labute approximate surface area is 192 Å². The summed E-state index contributed by atoms with van der Waals surface area (Å²) < 4.78 is 13.1. The Morgan fingerprint density at radius 1 is 0.818 bits per heavy atom. The van der Waals surface area contributed by atoms with Gasteiger partial charge in [0.05, 0.1) is 5.69 Å². The fraction of sp³-hybridized carbons (Fsp3) is 0.148. The largest absolute Gasteiger partial charge is 0.339 e. The Kier molecular flexibility index (Phi) is 7.05. The number of aryl methyl sites for hydroxylation is 1. The van der Waals surface area contributed by atoms with Crippen LogP contribution in [-0.2, 0) is 6.42 Å². The zero-order chi connectivity index (χ0) is 23.0. The van der Waals surface area contributed by atoms with Crippen molar-refractivity contribution in [2.24, 2.45) is 0 Å². The lowest BCUT2D eigenvalue weighted by molar-refractivity contribution is 0.102. The highest BCUT2D eigenvalue weighted by atomic mass is 19.1. The first-order chi connectivity index (χ1) is 16.1. The molecule has 0 aliphatic heterocycles. The van der Waals surface area contributed by atoms with Crippen molar-refractivity contribution in [3.05, 3.63) is 102 Å². The van der Waals surface area contributed by atoms with Crippen LogP contribution in [0.1, 0.15) is 35.7 Å². The van der Waals surface area contributed by atoms with Gasteiger partial charge in [-0.3, -0.25) is 4.79 Å². The van der Waals surface area contributed by atoms with Crippen molar-refractivity contribution in [2.75, 3.05) is 10.6 Å². The Morgan fingerprint density at radius 2 is 1.52 bits per heavy atom. The van der Waals surface area contributed by atoms with Gasteiger partial charge in [0.15, 0.2) is 5.82 Å². The summed E-state index contributed by atoms with van der Waals surface area (Å²) in [6.07, 6.45) is 3.38. The van der Waals surface area contributed by atoms with Crippen molar-refractivity contribution >= 4 is 23.1 Å². The summed E-state index contributed by atoms with van der Waals surface area (Å²) in [5, 5.41) is 14.5. The molecule has 1 aromatic heterocycles. The van der Waals surface area contributed by atoms with Crippen molar-refractivity contribution in [3.63, 3.8) is 0 Å². The molecule has 2 N–H and O–H groups in total. The molecular weight excluding hydrogens is 415 g/mol. The van der Waals surface area contributed by atoms with Gasteiger partial charge in [0.25, 0.3) is 5.91 Å². The van der Waals surface area contributed by atoms with Crippen LogP contribution in [0.15, 0.2) is 84.9 Å². The number of nitrogens with one attached hydrogen (secondary N) is 2. The molecule has 4 aromatic rings. The highest BCUT2D eigenvalue weighted by Crippen LogP contribution is 2.20. The van der Waals surface area contributed by atoms with E-state index in [1.807, 2.05) is 30.3 Å². The number of anilines is 3. The minimum atomic E-state index is -0.289. The van der Waals surface area contributed by atoms with Crippen LogP contribution in [0, 0.1) is 5.82 Å². The van der Waals surface area contributed by atoms with Gasteiger partial charge in [0.2, 0.25) is 0 Å². The van der Waals surface area contributed by atoms with Crippen LogP contribution in [0.25, 0.3) is 11.3 Å². The molecule has 0 atom stereocenters. The smallest absolute Gasteiger partial charge is 0.255 e. The third-order valence-electron chi connectivity index (χ3n) is 5.25. The second-order valence-electron chi connectivity index (χ2n) is 7.77. The predicted molar refractivity (Wildman–Crippen MR) is 130 cm³/mol. The van der Waals surface area contributed by atoms with Gasteiger partial charge in [0, 0.05) is 22.5 Å². The minimum Gasteiger partial charge on any atom is -0.339 e. The van der Waals surface area contributed by atoms with Crippen molar-refractivity contribution in [3.8, 4) is 11.3 Å². The first-order valence-electron chi connectivity index (χ1n) is 11.0. The van der Waals surface area contributed by atoms with Crippen molar-refractivity contribution in [1.82, 2.24) is 10.2 Å². The van der Waals surface area contributed by atoms with Crippen LogP contribution >= 0.6 is 0 Å². The van der Waals surface area contributed by atoms with Crippen molar-refractivity contribution < 1.29 is 9.18 Å². The molecule has 0 aliphatic carbocycles. The zero-order valence-corrected chi connectivity index (χ0v) is 18.4. The number of rotatable bonds is 8. The summed E-state index contributed by atoms with van der Waals surface area (Å²) >= 11 is 0. The maximum atomic E-state index is 13.1. The zero-order valence-electron chi connectivity index (χ0n) is 18.4. The lowest BCUT2D eigenvalue weighted by Gasteiger charge is -2.09. The molecule has 0 unspecified atom stereocenters. The number of hydrogen-bond donors (Lipinski definition) is 2. The van der Waals surface area contributed by atoms with Gasteiger partial charge in [0.1, 0.15) is 5.82 Å². The van der Waals surface area contributed by atoms with E-state index in [1.54, 1.807) is 30.3 Å². The lowest BCUT2D eigenvalue weighted by atomic mass is 10.1. The third kappa shape index (κ3) is 6.01. The molecule has 0 radical (unpaired) electrons. The number of carbonyl (C=O) groups is 1. The van der Waals surface area contributed by atoms with Gasteiger partial charge in [-0.15, -0.1) is 10.2 Å². The van der Waals surface area contributed by atoms with Gasteiger partial charge in [-0.2, -0.15) is 0 Å². The molecule has 0 saturated heterocycles. The summed E-state index contributed by atoms with van der Waals surface area (Å²) in [5.41, 5.74) is 4.86. The van der Waals surface area contributed by atoms with E-state index in [-0.39, 0.29) is 11.7 Å². The number of unbranched alkanes of at least 4 members (excludes halogenated alkanes) is 1. The Bertz CT molecular complexity index is 1190. The van der Waals surface area contributed by atoms with Crippen LogP contribution < -0.4 is 10.6 Å². The van der Waals surface area contributed by atoms with Gasteiger partial charge in [-0.05, 0) is 91.2 Å². The maximum absolute atomic E-state index is 13.1. The quantitative estimate of drug-likeness (QED) is 0.323. The summed E-state index contributed by atoms with van der Waals surface area (Å²) in [7, 11) is 0. The molecule has 3 aromatic carbocycles. The number of carbonyl (C=O) groups excluding carboxylic acids is 1. The summed E-state index contributed by atoms with van der Waals surface area (Å²) in [5.74, 6) is 0.120. The van der Waals surface area contributed by atoms with Crippen LogP contribution in [-0.4, -0.2) is 16.1 Å². The Balaban J connectivity index is 1.35. The fourth-order valence-corrected chi connectivity index (χ4v) is 3.37. The standard InChI is InChI=1S/C27H25FN4O/c1-2-3-4-19-5-13-24(14-6-19)30-27(33)21-9-15-23(16-10-21)29-26-18-17-25(31-32-26)20-7-11-22(28)12-8-20/h5-18H,2-4H2,1H3,(H,29,32)(H,30,33). The van der Waals surface area contributed by atoms with E-state index >= 15 is 0 Å². The molecule has 0 spiro atoms. The summed E-state index contributed by atoms with van der Waals surface area (Å²) in [6.45, 7) is 2.18. The molecule has 0 aliphatic rings. The number of halogens is 1. The fourth-order valence-electron chi connectivity index (χ4n) is 3.37. The molecule has 1 heterocycles. The second kappa shape index (κ2) is 10.5. The first kappa shape index (κ1) is 22.1. The molecule has 0 saturated carbocycles. The lowest BCUT2D eigenvalue weighted by Crippen LogP contribution is -2.11. The van der Waals surface area contributed by atoms with Gasteiger partial charge in [-0.1, -0.05) is 25.5 Å². The molecule has 5 nitrogen and oxygen atoms in total. The first-order valence-corrected chi connectivity index (χ1v) is 11.0. The highest BCUT2D eigenvalue weighted by Gasteiger charge is 2.07. The van der Waals surface area contributed by atoms with Gasteiger partial charge in [-0.25, -0.2) is 4.39 Å². The third-order valence-corrected chi connectivity index (χ3v) is 5.25. The number of benzene rings is 3. The van der Waals surface area contributed by atoms with E-state index in [0.717, 1.165) is 36.2 Å². The monoisotopic (exact) mass is 440 g/mol. The molecule has 166 valence electrons. The van der Waals surface area contributed by atoms with Crippen LogP contribution in [0.2, 0.25) is 0 Å². The minimum absolute atomic E-state index is 0.161.